The van der Waals surface area contributed by atoms with Crippen molar-refractivity contribution >= 4 is 0 Å². The first-order valence-electron chi connectivity index (χ1n) is 3.15. The van der Waals surface area contributed by atoms with Crippen LogP contribution in [0.3, 0.4) is 0 Å². The lowest BCUT2D eigenvalue weighted by atomic mass is 10.3. The molecule has 0 fully saturated rings. The van der Waals surface area contributed by atoms with Gasteiger partial charge < -0.3 is 17.0 Å². The monoisotopic (exact) mass is 212 g/mol. The van der Waals surface area contributed by atoms with Gasteiger partial charge in [0.15, 0.2) is 12.4 Å². The summed E-state index contributed by atoms with van der Waals surface area (Å²) in [5.74, 6) is 0. The van der Waals surface area contributed by atoms with Crippen LogP contribution < -0.4 is 21.5 Å². The predicted octanol–water partition coefficient (Wildman–Crippen LogP) is -2.19. The molecule has 1 aromatic rings. The van der Waals surface area contributed by atoms with Gasteiger partial charge in [-0.1, -0.05) is 0 Å². The summed E-state index contributed by atoms with van der Waals surface area (Å²) in [7, 11) is 0. The lowest BCUT2D eigenvalue weighted by molar-refractivity contribution is -0.685. The molecule has 0 aromatic carbocycles. The minimum absolute atomic E-state index is 0. The highest BCUT2D eigenvalue weighted by molar-refractivity contribution is 5.01. The van der Waals surface area contributed by atoms with Crippen LogP contribution in [0.25, 0.3) is 0 Å². The summed E-state index contributed by atoms with van der Waals surface area (Å²) in [4.78, 5) is 0. The molecule has 11 heavy (non-hydrogen) atoms. The van der Waals surface area contributed by atoms with Gasteiger partial charge in [-0.3, -0.25) is 0 Å². The Bertz CT molecular complexity index is 265. The van der Waals surface area contributed by atoms with E-state index in [-0.39, 0.29) is 17.0 Å². The Balaban J connectivity index is 0.000001000. The molecule has 0 amide bonds. The Labute approximate surface area is 76.9 Å². The van der Waals surface area contributed by atoms with E-state index in [0.717, 1.165) is 0 Å². The highest BCUT2D eigenvalue weighted by Gasteiger charge is 1.95. The Hall–Kier alpha value is -0.880. The predicted molar refractivity (Wildman–Crippen MR) is 37.0 cm³/mol. The molecule has 0 atom stereocenters. The molecule has 0 N–H and O–H groups in total. The molecule has 0 bridgehead atoms. The average molecular weight is 213 g/mol. The van der Waals surface area contributed by atoms with E-state index in [9.17, 15) is 0 Å². The number of rotatable bonds is 1. The second kappa shape index (κ2) is 4.86. The first kappa shape index (κ1) is 10.1. The summed E-state index contributed by atoms with van der Waals surface area (Å²) in [5, 5.41) is 8.34. The van der Waals surface area contributed by atoms with Gasteiger partial charge in [-0.15, -0.1) is 0 Å². The molecule has 1 aromatic heterocycles. The van der Waals surface area contributed by atoms with Crippen molar-refractivity contribution in [1.82, 2.24) is 0 Å². The molecule has 0 aliphatic rings. The number of hydrogen-bond donors (Lipinski definition) is 0. The molecular formula is C8H9BrN2. The quantitative estimate of drug-likeness (QED) is 0.487. The van der Waals surface area contributed by atoms with Crippen LogP contribution >= 0.6 is 0 Å². The second-order valence-corrected chi connectivity index (χ2v) is 2.21. The van der Waals surface area contributed by atoms with Crippen LogP contribution in [0.4, 0.5) is 0 Å². The highest BCUT2D eigenvalue weighted by atomic mass is 79.9. The molecule has 3 heteroatoms. The van der Waals surface area contributed by atoms with Crippen molar-refractivity contribution in [2.45, 2.75) is 13.5 Å². The SMILES string of the molecule is Cc1ccc[n+](CC#N)c1.[Br-]. The lowest BCUT2D eigenvalue weighted by Gasteiger charge is -1.88. The summed E-state index contributed by atoms with van der Waals surface area (Å²) in [5.41, 5.74) is 1.18. The van der Waals surface area contributed by atoms with Gasteiger partial charge in [0.2, 0.25) is 6.54 Å². The van der Waals surface area contributed by atoms with E-state index in [4.69, 9.17) is 5.26 Å². The second-order valence-electron chi connectivity index (χ2n) is 2.21. The number of aromatic nitrogens is 1. The number of nitrogens with zero attached hydrogens (tertiary/aromatic N) is 2. The van der Waals surface area contributed by atoms with E-state index in [2.05, 4.69) is 6.07 Å². The van der Waals surface area contributed by atoms with Crippen LogP contribution in [0.2, 0.25) is 0 Å². The van der Waals surface area contributed by atoms with Gasteiger partial charge in [0.1, 0.15) is 6.07 Å². The minimum Gasteiger partial charge on any atom is -1.00 e. The number of hydrogen-bond acceptors (Lipinski definition) is 1. The van der Waals surface area contributed by atoms with Crippen molar-refractivity contribution in [3.8, 4) is 6.07 Å². The molecule has 0 saturated heterocycles. The smallest absolute Gasteiger partial charge is 0.233 e. The fraction of sp³-hybridized carbons (Fsp3) is 0.250. The zero-order valence-electron chi connectivity index (χ0n) is 6.29. The number of nitriles is 1. The topological polar surface area (TPSA) is 27.7 Å². The highest BCUT2D eigenvalue weighted by Crippen LogP contribution is 1.88. The summed E-state index contributed by atoms with van der Waals surface area (Å²) in [6.07, 6.45) is 3.83. The van der Waals surface area contributed by atoms with E-state index in [1.807, 2.05) is 36.0 Å². The molecule has 58 valence electrons. The molecule has 0 aliphatic heterocycles. The summed E-state index contributed by atoms with van der Waals surface area (Å²) >= 11 is 0. The molecule has 0 unspecified atom stereocenters. The summed E-state index contributed by atoms with van der Waals surface area (Å²) < 4.78 is 1.86. The van der Waals surface area contributed by atoms with Gasteiger partial charge in [-0.25, -0.2) is 0 Å². The minimum atomic E-state index is 0. The molecule has 2 nitrogen and oxygen atoms in total. The molecule has 0 spiro atoms. The molecule has 0 aliphatic carbocycles. The summed E-state index contributed by atoms with van der Waals surface area (Å²) in [6, 6.07) is 6.02. The van der Waals surface area contributed by atoms with Crippen molar-refractivity contribution in [3.05, 3.63) is 30.1 Å². The lowest BCUT2D eigenvalue weighted by Crippen LogP contribution is -3.00. The maximum absolute atomic E-state index is 8.34. The zero-order chi connectivity index (χ0) is 7.40. The van der Waals surface area contributed by atoms with Gasteiger partial charge in [0, 0.05) is 11.6 Å². The van der Waals surface area contributed by atoms with E-state index in [1.165, 1.54) is 5.56 Å². The van der Waals surface area contributed by atoms with Crippen LogP contribution in [-0.2, 0) is 6.54 Å². The summed E-state index contributed by atoms with van der Waals surface area (Å²) in [6.45, 7) is 2.44. The van der Waals surface area contributed by atoms with Gasteiger partial charge in [0.25, 0.3) is 0 Å². The van der Waals surface area contributed by atoms with Crippen molar-refractivity contribution in [3.63, 3.8) is 0 Å². The third kappa shape index (κ3) is 3.15. The van der Waals surface area contributed by atoms with Crippen LogP contribution in [-0.4, -0.2) is 0 Å². The van der Waals surface area contributed by atoms with Crippen LogP contribution in [0, 0.1) is 18.3 Å². The van der Waals surface area contributed by atoms with Gasteiger partial charge in [-0.2, -0.15) is 9.83 Å². The number of aryl methyl sites for hydroxylation is 1. The molecular weight excluding hydrogens is 204 g/mol. The maximum Gasteiger partial charge on any atom is 0.233 e. The zero-order valence-corrected chi connectivity index (χ0v) is 7.87. The molecule has 1 heterocycles. The average Bonchev–Trinajstić information content (AvgIpc) is 1.88. The third-order valence-corrected chi connectivity index (χ3v) is 1.26. The molecule has 1 rings (SSSR count). The maximum atomic E-state index is 8.34. The van der Waals surface area contributed by atoms with E-state index >= 15 is 0 Å². The Morgan fingerprint density at radius 3 is 2.91 bits per heavy atom. The normalized spacial score (nSPS) is 8.00. The van der Waals surface area contributed by atoms with Crippen LogP contribution in [0.15, 0.2) is 24.5 Å². The van der Waals surface area contributed by atoms with Crippen molar-refractivity contribution in [1.29, 1.82) is 5.26 Å². The van der Waals surface area contributed by atoms with Crippen LogP contribution in [0.1, 0.15) is 5.56 Å². The van der Waals surface area contributed by atoms with Crippen molar-refractivity contribution < 1.29 is 21.5 Å². The fourth-order valence-corrected chi connectivity index (χ4v) is 0.833. The molecule has 0 saturated carbocycles. The Morgan fingerprint density at radius 1 is 1.64 bits per heavy atom. The van der Waals surface area contributed by atoms with Gasteiger partial charge in [0.05, 0.1) is 0 Å². The standard InChI is InChI=1S/C8H9N2.BrH/c1-8-3-2-5-10(7-8)6-4-9;/h2-3,5,7H,6H2,1H3;1H/q+1;/p-1. The van der Waals surface area contributed by atoms with Crippen molar-refractivity contribution in [2.75, 3.05) is 0 Å². The number of halogens is 1. The van der Waals surface area contributed by atoms with E-state index in [0.29, 0.717) is 6.54 Å². The fourth-order valence-electron chi connectivity index (χ4n) is 0.833. The van der Waals surface area contributed by atoms with Gasteiger partial charge in [-0.05, 0) is 13.0 Å². The number of pyridine rings is 1. The Kier molecular flexibility index (Phi) is 4.47. The first-order valence-corrected chi connectivity index (χ1v) is 3.15. The third-order valence-electron chi connectivity index (χ3n) is 1.26. The van der Waals surface area contributed by atoms with Gasteiger partial charge >= 0.3 is 0 Å². The Morgan fingerprint density at radius 2 is 2.36 bits per heavy atom. The largest absolute Gasteiger partial charge is 1.00 e. The van der Waals surface area contributed by atoms with E-state index < -0.39 is 0 Å². The van der Waals surface area contributed by atoms with Crippen molar-refractivity contribution in [2.24, 2.45) is 0 Å². The van der Waals surface area contributed by atoms with Crippen LogP contribution in [0.5, 0.6) is 0 Å². The van der Waals surface area contributed by atoms with E-state index in [1.54, 1.807) is 0 Å². The molecule has 0 radical (unpaired) electrons. The first-order chi connectivity index (χ1) is 4.83.